The molecule has 1 aromatic heterocycles. The van der Waals surface area contributed by atoms with Gasteiger partial charge in [0, 0.05) is 18.9 Å². The van der Waals surface area contributed by atoms with Crippen LogP contribution < -0.4 is 10.2 Å². The van der Waals surface area contributed by atoms with Crippen molar-refractivity contribution in [3.63, 3.8) is 0 Å². The molecule has 0 saturated heterocycles. The van der Waals surface area contributed by atoms with E-state index < -0.39 is 0 Å². The minimum absolute atomic E-state index is 0.0698. The van der Waals surface area contributed by atoms with Gasteiger partial charge in [0.1, 0.15) is 23.2 Å². The van der Waals surface area contributed by atoms with E-state index in [0.29, 0.717) is 17.4 Å². The van der Waals surface area contributed by atoms with Crippen molar-refractivity contribution in [2.24, 2.45) is 0 Å². The van der Waals surface area contributed by atoms with Gasteiger partial charge in [-0.05, 0) is 43.5 Å². The van der Waals surface area contributed by atoms with Gasteiger partial charge in [-0.15, -0.1) is 0 Å². The van der Waals surface area contributed by atoms with E-state index in [-0.39, 0.29) is 17.3 Å². The number of Topliss-reactive ketones (excluding diaryl/α,β-unsaturated/α-hetero) is 1. The number of hydrogen-bond acceptors (Lipinski definition) is 4. The van der Waals surface area contributed by atoms with Gasteiger partial charge in [0.05, 0.1) is 10.9 Å². The van der Waals surface area contributed by atoms with Gasteiger partial charge in [-0.2, -0.15) is 0 Å². The zero-order chi connectivity index (χ0) is 25.6. The van der Waals surface area contributed by atoms with Crippen molar-refractivity contribution in [2.75, 3.05) is 0 Å². The molecule has 4 rings (SSSR count). The molecule has 0 radical (unpaired) electrons. The lowest BCUT2D eigenvalue weighted by molar-refractivity contribution is 0.0835. The average molecular weight is 491 g/mol. The molecule has 1 aliphatic rings. The number of carbonyl (C=O) groups excluding carboxylic acids is 1. The number of rotatable bonds is 12. The molecular formula is C32H42O4. The molecule has 2 aromatic carbocycles. The summed E-state index contributed by atoms with van der Waals surface area (Å²) in [6.07, 6.45) is 14.9. The molecule has 4 heteroatoms. The lowest BCUT2D eigenvalue weighted by Crippen LogP contribution is -2.26. The summed E-state index contributed by atoms with van der Waals surface area (Å²) < 4.78 is 11.6. The molecular weight excluding hydrogens is 448 g/mol. The van der Waals surface area contributed by atoms with Crippen molar-refractivity contribution in [2.45, 2.75) is 103 Å². The van der Waals surface area contributed by atoms with Crippen LogP contribution in [-0.4, -0.2) is 11.9 Å². The summed E-state index contributed by atoms with van der Waals surface area (Å²) in [7, 11) is 0. The molecule has 0 spiro atoms. The van der Waals surface area contributed by atoms with Crippen LogP contribution in [0.25, 0.3) is 11.0 Å². The van der Waals surface area contributed by atoms with Crippen LogP contribution in [0.5, 0.6) is 5.75 Å². The summed E-state index contributed by atoms with van der Waals surface area (Å²) >= 11 is 0. The molecule has 194 valence electrons. The molecule has 0 saturated carbocycles. The maximum atomic E-state index is 12.0. The second kappa shape index (κ2) is 15.3. The quantitative estimate of drug-likeness (QED) is 0.238. The van der Waals surface area contributed by atoms with Gasteiger partial charge in [-0.25, -0.2) is 0 Å². The van der Waals surface area contributed by atoms with Crippen LogP contribution in [0, 0.1) is 0 Å². The molecule has 3 aromatic rings. The lowest BCUT2D eigenvalue weighted by atomic mass is 9.97. The number of carbonyl (C=O) groups is 1. The van der Waals surface area contributed by atoms with E-state index in [0.717, 1.165) is 36.3 Å². The smallest absolute Gasteiger partial charge is 0.192 e. The summed E-state index contributed by atoms with van der Waals surface area (Å²) in [5.74, 6) is 1.82. The van der Waals surface area contributed by atoms with Crippen LogP contribution in [0.3, 0.4) is 0 Å². The van der Waals surface area contributed by atoms with Gasteiger partial charge in [0.25, 0.3) is 0 Å². The molecule has 1 atom stereocenters. The predicted octanol–water partition coefficient (Wildman–Crippen LogP) is 8.69. The highest BCUT2D eigenvalue weighted by molar-refractivity contribution is 5.99. The first-order valence-corrected chi connectivity index (χ1v) is 13.9. The Labute approximate surface area is 216 Å². The first-order valence-electron chi connectivity index (χ1n) is 13.9. The number of benzene rings is 2. The van der Waals surface area contributed by atoms with Gasteiger partial charge in [-0.1, -0.05) is 89.5 Å². The third-order valence-corrected chi connectivity index (χ3v) is 6.74. The van der Waals surface area contributed by atoms with Crippen molar-refractivity contribution >= 4 is 16.8 Å². The molecule has 0 N–H and O–H groups in total. The van der Waals surface area contributed by atoms with Crippen LogP contribution in [0.4, 0.5) is 0 Å². The van der Waals surface area contributed by atoms with Crippen molar-refractivity contribution in [3.05, 3.63) is 76.1 Å². The first-order chi connectivity index (χ1) is 17.6. The molecule has 0 bridgehead atoms. The second-order valence-electron chi connectivity index (χ2n) is 9.80. The van der Waals surface area contributed by atoms with E-state index in [1.807, 2.05) is 48.5 Å². The normalized spacial score (nSPS) is 14.6. The Hall–Kier alpha value is -2.88. The number of unbranched alkanes of at least 4 members (excludes halogenated alkanes) is 8. The highest BCUT2D eigenvalue weighted by Crippen LogP contribution is 2.29. The number of ketones is 1. The largest absolute Gasteiger partial charge is 0.489 e. The maximum absolute atomic E-state index is 12.0. The minimum Gasteiger partial charge on any atom is -0.489 e. The Balaban J connectivity index is 0.000000201. The fourth-order valence-corrected chi connectivity index (χ4v) is 4.65. The zero-order valence-corrected chi connectivity index (χ0v) is 22.1. The van der Waals surface area contributed by atoms with Gasteiger partial charge in [0.2, 0.25) is 0 Å². The van der Waals surface area contributed by atoms with Crippen molar-refractivity contribution in [1.82, 2.24) is 0 Å². The molecule has 1 aliphatic heterocycles. The van der Waals surface area contributed by atoms with Crippen molar-refractivity contribution in [1.29, 1.82) is 0 Å². The van der Waals surface area contributed by atoms with Crippen LogP contribution >= 0.6 is 0 Å². The number of para-hydroxylation sites is 2. The monoisotopic (exact) mass is 490 g/mol. The highest BCUT2D eigenvalue weighted by atomic mass is 16.5. The summed E-state index contributed by atoms with van der Waals surface area (Å²) in [5, 5.41) is 0.673. The molecule has 0 fully saturated rings. The molecule has 36 heavy (non-hydrogen) atoms. The summed E-state index contributed by atoms with van der Waals surface area (Å²) in [4.78, 5) is 23.8. The van der Waals surface area contributed by atoms with E-state index >= 15 is 0 Å². The molecule has 0 amide bonds. The zero-order valence-electron chi connectivity index (χ0n) is 22.1. The maximum Gasteiger partial charge on any atom is 0.192 e. The van der Waals surface area contributed by atoms with E-state index in [9.17, 15) is 9.59 Å². The number of ether oxygens (including phenoxy) is 1. The summed E-state index contributed by atoms with van der Waals surface area (Å²) in [6.45, 7) is 4.43. The topological polar surface area (TPSA) is 56.5 Å². The Morgan fingerprint density at radius 2 is 1.44 bits per heavy atom. The van der Waals surface area contributed by atoms with Crippen molar-refractivity contribution < 1.29 is 13.9 Å². The molecule has 1 unspecified atom stereocenters. The van der Waals surface area contributed by atoms with E-state index in [4.69, 9.17) is 9.15 Å². The Bertz CT molecular complexity index is 1130. The van der Waals surface area contributed by atoms with Gasteiger partial charge < -0.3 is 9.15 Å². The average Bonchev–Trinajstić information content (AvgIpc) is 2.89. The highest BCUT2D eigenvalue weighted by Gasteiger charge is 2.25. The van der Waals surface area contributed by atoms with Gasteiger partial charge in [0.15, 0.2) is 11.2 Å². The Kier molecular flexibility index (Phi) is 11.8. The fraction of sp³-hybridized carbons (Fsp3) is 0.500. The summed E-state index contributed by atoms with van der Waals surface area (Å²) in [6, 6.07) is 16.7. The Morgan fingerprint density at radius 1 is 0.778 bits per heavy atom. The van der Waals surface area contributed by atoms with Crippen LogP contribution in [-0.2, 0) is 6.42 Å². The summed E-state index contributed by atoms with van der Waals surface area (Å²) in [5.41, 5.74) is 1.52. The van der Waals surface area contributed by atoms with E-state index in [2.05, 4.69) is 13.8 Å². The third kappa shape index (κ3) is 8.65. The lowest BCUT2D eigenvalue weighted by Gasteiger charge is -2.25. The molecule has 4 nitrogen and oxygen atoms in total. The number of aryl methyl sites for hydroxylation is 1. The van der Waals surface area contributed by atoms with Gasteiger partial charge in [-0.3, -0.25) is 9.59 Å². The van der Waals surface area contributed by atoms with E-state index in [1.54, 1.807) is 6.07 Å². The number of fused-ring (bicyclic) bond motifs is 2. The SMILES string of the molecule is CCCCCCCC1CC(=O)c2ccccc2O1.CCCCCCCc1cc(=O)c2ccccc2o1. The molecule has 2 heterocycles. The van der Waals surface area contributed by atoms with Crippen molar-refractivity contribution in [3.8, 4) is 5.75 Å². The Morgan fingerprint density at radius 3 is 2.22 bits per heavy atom. The third-order valence-electron chi connectivity index (χ3n) is 6.74. The molecule has 0 aliphatic carbocycles. The number of hydrogen-bond donors (Lipinski definition) is 0. The predicted molar refractivity (Wildman–Crippen MR) is 148 cm³/mol. The van der Waals surface area contributed by atoms with Crippen LogP contribution in [0.15, 0.2) is 63.8 Å². The second-order valence-corrected chi connectivity index (χ2v) is 9.80. The fourth-order valence-electron chi connectivity index (χ4n) is 4.65. The van der Waals surface area contributed by atoms with Crippen LogP contribution in [0.2, 0.25) is 0 Å². The van der Waals surface area contributed by atoms with E-state index in [1.165, 1.54) is 57.8 Å². The van der Waals surface area contributed by atoms with Crippen LogP contribution in [0.1, 0.15) is 107 Å². The van der Waals surface area contributed by atoms with Gasteiger partial charge >= 0.3 is 0 Å². The standard InChI is InChI=1S/C16H22O2.C16H20O2/c2*1-2-3-4-5-6-9-13-12-15(17)14-10-7-8-11-16(14)18-13/h7-8,10-11,13H,2-6,9,12H2,1H3;7-8,10-12H,2-6,9H2,1H3. The first kappa shape index (κ1) is 27.7. The minimum atomic E-state index is 0.0698.